The molecule has 1 aromatic rings. The van der Waals surface area contributed by atoms with Crippen LogP contribution >= 0.6 is 11.6 Å². The first-order valence-electron chi connectivity index (χ1n) is 3.50. The van der Waals surface area contributed by atoms with Crippen molar-refractivity contribution in [3.8, 4) is 5.88 Å². The second kappa shape index (κ2) is 3.58. The third kappa shape index (κ3) is 2.09. The number of pyridine rings is 1. The lowest BCUT2D eigenvalue weighted by molar-refractivity contribution is 0.324. The van der Waals surface area contributed by atoms with Gasteiger partial charge in [-0.3, -0.25) is 0 Å². The predicted octanol–water partition coefficient (Wildman–Crippen LogP) is 2.44. The molecule has 11 heavy (non-hydrogen) atoms. The van der Waals surface area contributed by atoms with Gasteiger partial charge >= 0.3 is 0 Å². The highest BCUT2D eigenvalue weighted by molar-refractivity contribution is 6.29. The zero-order valence-electron chi connectivity index (χ0n) is 6.60. The molecule has 60 valence electrons. The van der Waals surface area contributed by atoms with Crippen LogP contribution in [0, 0.1) is 6.92 Å². The molecule has 0 N–H and O–H groups in total. The number of ether oxygens (including phenoxy) is 1. The van der Waals surface area contributed by atoms with Gasteiger partial charge in [0.2, 0.25) is 5.88 Å². The van der Waals surface area contributed by atoms with Crippen molar-refractivity contribution >= 4 is 11.6 Å². The second-order valence-corrected chi connectivity index (χ2v) is 2.58. The Balaban J connectivity index is 2.93. The van der Waals surface area contributed by atoms with Gasteiger partial charge in [0.25, 0.3) is 0 Å². The molecule has 3 heteroatoms. The summed E-state index contributed by atoms with van der Waals surface area (Å²) in [6, 6.07) is 3.64. The smallest absolute Gasteiger partial charge is 0.217 e. The van der Waals surface area contributed by atoms with Crippen LogP contribution in [0.4, 0.5) is 0 Å². The standard InChI is InChI=1S/C8H10ClNO/c1-3-11-8-6(2)4-5-7(9)10-8/h4-5H,3H2,1-2H3. The molecule has 0 saturated carbocycles. The van der Waals surface area contributed by atoms with Crippen molar-refractivity contribution in [1.29, 1.82) is 0 Å². The molecule has 0 fully saturated rings. The fourth-order valence-corrected chi connectivity index (χ4v) is 0.910. The minimum Gasteiger partial charge on any atom is -0.478 e. The summed E-state index contributed by atoms with van der Waals surface area (Å²) in [6.45, 7) is 4.48. The lowest BCUT2D eigenvalue weighted by Crippen LogP contribution is -1.96. The van der Waals surface area contributed by atoms with E-state index in [9.17, 15) is 0 Å². The molecule has 1 heterocycles. The molecule has 0 radical (unpaired) electrons. The summed E-state index contributed by atoms with van der Waals surface area (Å²) in [7, 11) is 0. The highest BCUT2D eigenvalue weighted by Gasteiger charge is 1.99. The zero-order chi connectivity index (χ0) is 8.27. The number of halogens is 1. The summed E-state index contributed by atoms with van der Waals surface area (Å²) in [5.41, 5.74) is 1.01. The van der Waals surface area contributed by atoms with Gasteiger partial charge in [0.15, 0.2) is 0 Å². The molecular weight excluding hydrogens is 162 g/mol. The number of rotatable bonds is 2. The maximum Gasteiger partial charge on any atom is 0.217 e. The van der Waals surface area contributed by atoms with Crippen LogP contribution in [0.1, 0.15) is 12.5 Å². The number of hydrogen-bond acceptors (Lipinski definition) is 2. The molecule has 0 saturated heterocycles. The number of aryl methyl sites for hydroxylation is 1. The topological polar surface area (TPSA) is 22.1 Å². The first kappa shape index (κ1) is 8.34. The molecular formula is C8H10ClNO. The summed E-state index contributed by atoms with van der Waals surface area (Å²) < 4.78 is 5.22. The van der Waals surface area contributed by atoms with Crippen LogP contribution in [0.5, 0.6) is 5.88 Å². The highest BCUT2D eigenvalue weighted by Crippen LogP contribution is 2.17. The molecule has 1 aromatic heterocycles. The maximum absolute atomic E-state index is 5.66. The molecule has 0 aliphatic carbocycles. The average Bonchev–Trinajstić information content (AvgIpc) is 1.98. The summed E-state index contributed by atoms with van der Waals surface area (Å²) in [4.78, 5) is 4.01. The van der Waals surface area contributed by atoms with Crippen molar-refractivity contribution < 1.29 is 4.74 Å². The van der Waals surface area contributed by atoms with Gasteiger partial charge in [0.05, 0.1) is 6.61 Å². The first-order valence-corrected chi connectivity index (χ1v) is 3.87. The molecule has 0 unspecified atom stereocenters. The van der Waals surface area contributed by atoms with E-state index in [1.54, 1.807) is 6.07 Å². The van der Waals surface area contributed by atoms with E-state index in [4.69, 9.17) is 16.3 Å². The van der Waals surface area contributed by atoms with Crippen molar-refractivity contribution in [3.63, 3.8) is 0 Å². The largest absolute Gasteiger partial charge is 0.478 e. The third-order valence-electron chi connectivity index (χ3n) is 1.30. The molecule has 0 aliphatic heterocycles. The van der Waals surface area contributed by atoms with E-state index in [-0.39, 0.29) is 0 Å². The Bertz CT molecular complexity index is 250. The Morgan fingerprint density at radius 2 is 2.27 bits per heavy atom. The number of aromatic nitrogens is 1. The van der Waals surface area contributed by atoms with Crippen molar-refractivity contribution in [1.82, 2.24) is 4.98 Å². The van der Waals surface area contributed by atoms with Crippen LogP contribution in [0.2, 0.25) is 5.15 Å². The lowest BCUT2D eigenvalue weighted by atomic mass is 10.3. The SMILES string of the molecule is CCOc1nc(Cl)ccc1C. The zero-order valence-corrected chi connectivity index (χ0v) is 7.35. The van der Waals surface area contributed by atoms with E-state index in [1.165, 1.54) is 0 Å². The molecule has 2 nitrogen and oxygen atoms in total. The Morgan fingerprint density at radius 1 is 1.55 bits per heavy atom. The summed E-state index contributed by atoms with van der Waals surface area (Å²) in [5, 5.41) is 0.471. The molecule has 1 rings (SSSR count). The Hall–Kier alpha value is -0.760. The van der Waals surface area contributed by atoms with Gasteiger partial charge in [-0.05, 0) is 19.9 Å². The second-order valence-electron chi connectivity index (χ2n) is 2.19. The summed E-state index contributed by atoms with van der Waals surface area (Å²) in [5.74, 6) is 0.625. The van der Waals surface area contributed by atoms with E-state index >= 15 is 0 Å². The van der Waals surface area contributed by atoms with Gasteiger partial charge in [-0.2, -0.15) is 0 Å². The summed E-state index contributed by atoms with van der Waals surface area (Å²) >= 11 is 5.66. The van der Waals surface area contributed by atoms with Gasteiger partial charge in [-0.1, -0.05) is 17.7 Å². The minimum absolute atomic E-state index is 0.471. The van der Waals surface area contributed by atoms with Gasteiger partial charge in [-0.15, -0.1) is 0 Å². The third-order valence-corrected chi connectivity index (χ3v) is 1.51. The van der Waals surface area contributed by atoms with E-state index in [1.807, 2.05) is 19.9 Å². The number of nitrogens with zero attached hydrogens (tertiary/aromatic N) is 1. The molecule has 0 bridgehead atoms. The van der Waals surface area contributed by atoms with Gasteiger partial charge in [-0.25, -0.2) is 4.98 Å². The van der Waals surface area contributed by atoms with Crippen molar-refractivity contribution in [2.45, 2.75) is 13.8 Å². The van der Waals surface area contributed by atoms with Gasteiger partial charge < -0.3 is 4.74 Å². The lowest BCUT2D eigenvalue weighted by Gasteiger charge is -2.04. The van der Waals surface area contributed by atoms with Crippen LogP contribution < -0.4 is 4.74 Å². The van der Waals surface area contributed by atoms with Crippen LogP contribution in [-0.2, 0) is 0 Å². The van der Waals surface area contributed by atoms with Crippen molar-refractivity contribution in [3.05, 3.63) is 22.8 Å². The predicted molar refractivity (Wildman–Crippen MR) is 45.2 cm³/mol. The fourth-order valence-electron chi connectivity index (χ4n) is 0.770. The summed E-state index contributed by atoms with van der Waals surface area (Å²) in [6.07, 6.45) is 0. The van der Waals surface area contributed by atoms with E-state index in [0.717, 1.165) is 5.56 Å². The normalized spacial score (nSPS) is 9.73. The maximum atomic E-state index is 5.66. The quantitative estimate of drug-likeness (QED) is 0.638. The van der Waals surface area contributed by atoms with Crippen LogP contribution in [0.25, 0.3) is 0 Å². The molecule has 0 aromatic carbocycles. The van der Waals surface area contributed by atoms with E-state index in [0.29, 0.717) is 17.6 Å². The minimum atomic E-state index is 0.471. The van der Waals surface area contributed by atoms with Crippen LogP contribution in [0.15, 0.2) is 12.1 Å². The Labute approximate surface area is 71.2 Å². The Morgan fingerprint density at radius 3 is 2.91 bits per heavy atom. The molecule has 0 spiro atoms. The van der Waals surface area contributed by atoms with E-state index in [2.05, 4.69) is 4.98 Å². The first-order chi connectivity index (χ1) is 5.24. The Kier molecular flexibility index (Phi) is 2.71. The highest BCUT2D eigenvalue weighted by atomic mass is 35.5. The van der Waals surface area contributed by atoms with Gasteiger partial charge in [0, 0.05) is 5.56 Å². The van der Waals surface area contributed by atoms with Crippen molar-refractivity contribution in [2.24, 2.45) is 0 Å². The molecule has 0 amide bonds. The van der Waals surface area contributed by atoms with E-state index < -0.39 is 0 Å². The monoisotopic (exact) mass is 171 g/mol. The molecule has 0 aliphatic rings. The molecule has 0 atom stereocenters. The number of hydrogen-bond donors (Lipinski definition) is 0. The van der Waals surface area contributed by atoms with Crippen LogP contribution in [0.3, 0.4) is 0 Å². The average molecular weight is 172 g/mol. The van der Waals surface area contributed by atoms with Crippen molar-refractivity contribution in [2.75, 3.05) is 6.61 Å². The van der Waals surface area contributed by atoms with Crippen LogP contribution in [-0.4, -0.2) is 11.6 Å². The fraction of sp³-hybridized carbons (Fsp3) is 0.375. The van der Waals surface area contributed by atoms with Gasteiger partial charge in [0.1, 0.15) is 5.15 Å².